The Morgan fingerprint density at radius 2 is 2.21 bits per heavy atom. The molecule has 1 aromatic rings. The Balaban J connectivity index is 1.95. The smallest absolute Gasteiger partial charge is 0.253 e. The third-order valence-corrected chi connectivity index (χ3v) is 4.97. The van der Waals surface area contributed by atoms with Gasteiger partial charge in [-0.25, -0.2) is 12.8 Å². The summed E-state index contributed by atoms with van der Waals surface area (Å²) in [7, 11) is -2.95. The van der Waals surface area contributed by atoms with E-state index in [1.54, 1.807) is 0 Å². The third-order valence-electron chi connectivity index (χ3n) is 3.14. The number of carbonyl (C=O) groups is 1. The number of halogens is 1. The molecular weight excluding hydrogens is 271 g/mol. The predicted molar refractivity (Wildman–Crippen MR) is 69.9 cm³/mol. The first kappa shape index (κ1) is 13.8. The summed E-state index contributed by atoms with van der Waals surface area (Å²) in [5, 5.41) is 2.63. The highest BCUT2D eigenvalue weighted by Crippen LogP contribution is 2.18. The fraction of sp³-hybridized carbons (Fsp3) is 0.417. The van der Waals surface area contributed by atoms with E-state index >= 15 is 0 Å². The molecule has 2 rings (SSSR count). The molecule has 3 N–H and O–H groups in total. The van der Waals surface area contributed by atoms with Crippen LogP contribution in [0.4, 0.5) is 10.1 Å². The van der Waals surface area contributed by atoms with E-state index in [1.807, 2.05) is 0 Å². The monoisotopic (exact) mass is 286 g/mol. The molecule has 0 aromatic heterocycles. The number of anilines is 1. The number of amides is 1. The normalized spacial score (nSPS) is 21.2. The van der Waals surface area contributed by atoms with Crippen LogP contribution in [0.1, 0.15) is 16.8 Å². The van der Waals surface area contributed by atoms with Crippen LogP contribution in [0.15, 0.2) is 18.2 Å². The van der Waals surface area contributed by atoms with Gasteiger partial charge in [0.25, 0.3) is 5.91 Å². The van der Waals surface area contributed by atoms with Gasteiger partial charge >= 0.3 is 0 Å². The lowest BCUT2D eigenvalue weighted by Gasteiger charge is -2.10. The van der Waals surface area contributed by atoms with Crippen molar-refractivity contribution in [1.29, 1.82) is 0 Å². The second-order valence-corrected chi connectivity index (χ2v) is 6.94. The number of nitrogens with two attached hydrogens (primary N) is 1. The molecule has 0 radical (unpaired) electrons. The van der Waals surface area contributed by atoms with Crippen LogP contribution in [0, 0.1) is 11.7 Å². The Bertz CT molecular complexity index is 601. The zero-order valence-electron chi connectivity index (χ0n) is 10.2. The van der Waals surface area contributed by atoms with Gasteiger partial charge in [0.2, 0.25) is 0 Å². The number of carbonyl (C=O) groups excluding carboxylic acids is 1. The summed E-state index contributed by atoms with van der Waals surface area (Å²) in [6.07, 6.45) is 0.557. The van der Waals surface area contributed by atoms with E-state index in [-0.39, 0.29) is 35.2 Å². The summed E-state index contributed by atoms with van der Waals surface area (Å²) in [6, 6.07) is 3.55. The first-order valence-electron chi connectivity index (χ1n) is 5.91. The van der Waals surface area contributed by atoms with Crippen molar-refractivity contribution >= 4 is 21.4 Å². The minimum absolute atomic E-state index is 0.0596. The second-order valence-electron chi connectivity index (χ2n) is 4.71. The van der Waals surface area contributed by atoms with Gasteiger partial charge in [-0.05, 0) is 30.5 Å². The van der Waals surface area contributed by atoms with Crippen LogP contribution in [0.25, 0.3) is 0 Å². The quantitative estimate of drug-likeness (QED) is 0.795. The number of hydrogen-bond donors (Lipinski definition) is 2. The summed E-state index contributed by atoms with van der Waals surface area (Å²) in [5.74, 6) is -0.702. The number of rotatable bonds is 3. The molecule has 1 unspecified atom stereocenters. The van der Waals surface area contributed by atoms with Gasteiger partial charge in [0.15, 0.2) is 9.84 Å². The molecule has 1 amide bonds. The van der Waals surface area contributed by atoms with E-state index in [4.69, 9.17) is 5.73 Å². The van der Waals surface area contributed by atoms with E-state index in [0.29, 0.717) is 6.42 Å². The van der Waals surface area contributed by atoms with Crippen molar-refractivity contribution < 1.29 is 17.6 Å². The van der Waals surface area contributed by atoms with Crippen LogP contribution in [0.5, 0.6) is 0 Å². The maximum atomic E-state index is 12.8. The van der Waals surface area contributed by atoms with Crippen LogP contribution in [0.3, 0.4) is 0 Å². The highest BCUT2D eigenvalue weighted by Gasteiger charge is 2.28. The van der Waals surface area contributed by atoms with Crippen molar-refractivity contribution in [2.45, 2.75) is 6.42 Å². The molecule has 1 aliphatic heterocycles. The van der Waals surface area contributed by atoms with Gasteiger partial charge in [-0.2, -0.15) is 0 Å². The fourth-order valence-corrected chi connectivity index (χ4v) is 3.97. The molecule has 1 aliphatic rings. The van der Waals surface area contributed by atoms with Gasteiger partial charge in [-0.1, -0.05) is 0 Å². The molecule has 0 aliphatic carbocycles. The van der Waals surface area contributed by atoms with Crippen molar-refractivity contribution in [2.75, 3.05) is 23.8 Å². The molecule has 0 spiro atoms. The topological polar surface area (TPSA) is 89.3 Å². The number of sulfone groups is 1. The van der Waals surface area contributed by atoms with Crippen molar-refractivity contribution in [2.24, 2.45) is 5.92 Å². The van der Waals surface area contributed by atoms with Gasteiger partial charge in [0, 0.05) is 12.2 Å². The zero-order chi connectivity index (χ0) is 14.0. The first-order chi connectivity index (χ1) is 8.87. The first-order valence-corrected chi connectivity index (χ1v) is 7.73. The average Bonchev–Trinajstić information content (AvgIpc) is 2.66. The van der Waals surface area contributed by atoms with Crippen molar-refractivity contribution in [1.82, 2.24) is 5.32 Å². The van der Waals surface area contributed by atoms with Crippen molar-refractivity contribution in [3.05, 3.63) is 29.6 Å². The zero-order valence-corrected chi connectivity index (χ0v) is 11.0. The molecule has 104 valence electrons. The molecular formula is C12H15FN2O3S. The second kappa shape index (κ2) is 5.16. The lowest BCUT2D eigenvalue weighted by Crippen LogP contribution is -2.30. The van der Waals surface area contributed by atoms with E-state index < -0.39 is 21.6 Å². The Morgan fingerprint density at radius 3 is 2.79 bits per heavy atom. The van der Waals surface area contributed by atoms with Gasteiger partial charge in [-0.15, -0.1) is 0 Å². The van der Waals surface area contributed by atoms with Crippen molar-refractivity contribution in [3.63, 3.8) is 0 Å². The van der Waals surface area contributed by atoms with Crippen LogP contribution in [0.2, 0.25) is 0 Å². The minimum Gasteiger partial charge on any atom is -0.398 e. The lowest BCUT2D eigenvalue weighted by atomic mass is 10.1. The third kappa shape index (κ3) is 3.44. The Hall–Kier alpha value is -1.63. The average molecular weight is 286 g/mol. The number of benzene rings is 1. The molecule has 1 saturated heterocycles. The van der Waals surface area contributed by atoms with Gasteiger partial charge in [-0.3, -0.25) is 4.79 Å². The highest BCUT2D eigenvalue weighted by atomic mass is 32.2. The summed E-state index contributed by atoms with van der Waals surface area (Å²) in [5.41, 5.74) is 5.82. The van der Waals surface area contributed by atoms with Crippen LogP contribution in [-0.4, -0.2) is 32.4 Å². The standard InChI is InChI=1S/C12H15FN2O3S/c13-9-1-2-10(11(14)5-9)12(16)15-6-8-3-4-19(17,18)7-8/h1-2,5,8H,3-4,6-7,14H2,(H,15,16). The molecule has 7 heteroatoms. The lowest BCUT2D eigenvalue weighted by molar-refractivity contribution is 0.0949. The van der Waals surface area contributed by atoms with Crippen LogP contribution < -0.4 is 11.1 Å². The molecule has 1 aromatic carbocycles. The SMILES string of the molecule is Nc1cc(F)ccc1C(=O)NCC1CCS(=O)(=O)C1. The fourth-order valence-electron chi connectivity index (χ4n) is 2.11. The number of hydrogen-bond acceptors (Lipinski definition) is 4. The maximum Gasteiger partial charge on any atom is 0.253 e. The van der Waals surface area contributed by atoms with Gasteiger partial charge in [0.05, 0.1) is 17.1 Å². The van der Waals surface area contributed by atoms with E-state index in [0.717, 1.165) is 12.1 Å². The summed E-state index contributed by atoms with van der Waals surface area (Å²) in [6.45, 7) is 0.287. The highest BCUT2D eigenvalue weighted by molar-refractivity contribution is 7.91. The van der Waals surface area contributed by atoms with Crippen LogP contribution >= 0.6 is 0 Å². The largest absolute Gasteiger partial charge is 0.398 e. The van der Waals surface area contributed by atoms with Gasteiger partial charge in [0.1, 0.15) is 5.82 Å². The molecule has 5 nitrogen and oxygen atoms in total. The van der Waals surface area contributed by atoms with E-state index in [9.17, 15) is 17.6 Å². The number of nitrogen functional groups attached to an aromatic ring is 1. The molecule has 0 bridgehead atoms. The molecule has 1 atom stereocenters. The predicted octanol–water partition coefficient (Wildman–Crippen LogP) is 0.572. The Morgan fingerprint density at radius 1 is 1.47 bits per heavy atom. The van der Waals surface area contributed by atoms with Crippen molar-refractivity contribution in [3.8, 4) is 0 Å². The van der Waals surface area contributed by atoms with Crippen LogP contribution in [-0.2, 0) is 9.84 Å². The number of nitrogens with one attached hydrogen (secondary N) is 1. The summed E-state index contributed by atoms with van der Waals surface area (Å²) < 4.78 is 35.4. The molecule has 19 heavy (non-hydrogen) atoms. The Labute approximate surface area is 110 Å². The van der Waals surface area contributed by atoms with E-state index in [2.05, 4.69) is 5.32 Å². The molecule has 1 heterocycles. The molecule has 1 fully saturated rings. The summed E-state index contributed by atoms with van der Waals surface area (Å²) >= 11 is 0. The maximum absolute atomic E-state index is 12.8. The minimum atomic E-state index is -2.95. The van der Waals surface area contributed by atoms with E-state index in [1.165, 1.54) is 6.07 Å². The Kier molecular flexibility index (Phi) is 3.75. The molecule has 0 saturated carbocycles. The summed E-state index contributed by atoms with van der Waals surface area (Å²) in [4.78, 5) is 11.8. The van der Waals surface area contributed by atoms with Gasteiger partial charge < -0.3 is 11.1 Å².